The fourth-order valence-corrected chi connectivity index (χ4v) is 3.94. The number of pyridine rings is 1. The first-order valence-corrected chi connectivity index (χ1v) is 12.4. The summed E-state index contributed by atoms with van der Waals surface area (Å²) >= 11 is 3.14. The Morgan fingerprint density at radius 1 is 1.08 bits per heavy atom. The van der Waals surface area contributed by atoms with Crippen molar-refractivity contribution in [2.45, 2.75) is 11.0 Å². The first-order valence-electron chi connectivity index (χ1n) is 11.4. The summed E-state index contributed by atoms with van der Waals surface area (Å²) in [6.07, 6.45) is 0.252. The molecular weight excluding hydrogens is 540 g/mol. The van der Waals surface area contributed by atoms with Gasteiger partial charge in [-0.25, -0.2) is 9.79 Å². The number of hydrogen-bond acceptors (Lipinski definition) is 7. The molecule has 11 heteroatoms. The molecule has 190 valence electrons. The van der Waals surface area contributed by atoms with E-state index in [0.29, 0.717) is 28.3 Å². The zero-order valence-corrected chi connectivity index (χ0v) is 21.5. The summed E-state index contributed by atoms with van der Waals surface area (Å²) in [6.45, 7) is -0.755. The lowest BCUT2D eigenvalue weighted by atomic mass is 10.0. The Kier molecular flexibility index (Phi) is 8.26. The molecule has 1 aromatic heterocycles. The van der Waals surface area contributed by atoms with Crippen LogP contribution in [0.4, 0.5) is 21.9 Å². The minimum Gasteiger partial charge on any atom is -0.395 e. The van der Waals surface area contributed by atoms with Gasteiger partial charge in [-0.3, -0.25) is 14.6 Å². The molecule has 3 amide bonds. The minimum absolute atomic E-state index is 0.332. The van der Waals surface area contributed by atoms with Gasteiger partial charge in [0.2, 0.25) is 6.17 Å². The number of benzene rings is 2. The van der Waals surface area contributed by atoms with Crippen LogP contribution in [0.25, 0.3) is 0 Å². The van der Waals surface area contributed by atoms with Crippen LogP contribution in [0.2, 0.25) is 0 Å². The number of alkyl halides is 1. The van der Waals surface area contributed by atoms with Gasteiger partial charge in [-0.05, 0) is 36.4 Å². The van der Waals surface area contributed by atoms with E-state index in [0.717, 1.165) is 5.69 Å². The molecular formula is C26H25BrN6O4. The molecule has 1 aliphatic rings. The van der Waals surface area contributed by atoms with Crippen molar-refractivity contribution < 1.29 is 19.5 Å². The molecule has 4 rings (SSSR count). The average Bonchev–Trinajstić information content (AvgIpc) is 3.03. The number of ketones is 1. The molecule has 0 unspecified atom stereocenters. The number of nitrogens with one attached hydrogen (secondary N) is 3. The second kappa shape index (κ2) is 11.8. The van der Waals surface area contributed by atoms with E-state index in [1.165, 1.54) is 4.90 Å². The number of carbonyl (C=O) groups excluding carboxylic acids is 3. The van der Waals surface area contributed by atoms with Crippen LogP contribution >= 0.6 is 15.9 Å². The van der Waals surface area contributed by atoms with Gasteiger partial charge in [0, 0.05) is 30.2 Å². The lowest BCUT2D eigenvalue weighted by Gasteiger charge is -2.25. The van der Waals surface area contributed by atoms with E-state index in [2.05, 4.69) is 41.9 Å². The van der Waals surface area contributed by atoms with Gasteiger partial charge in [0.25, 0.3) is 5.91 Å². The van der Waals surface area contributed by atoms with E-state index in [9.17, 15) is 19.5 Å². The van der Waals surface area contributed by atoms with E-state index < -0.39 is 35.3 Å². The number of rotatable bonds is 8. The molecule has 37 heavy (non-hydrogen) atoms. The quantitative estimate of drug-likeness (QED) is 0.310. The topological polar surface area (TPSA) is 136 Å². The Balaban J connectivity index is 1.73. The van der Waals surface area contributed by atoms with E-state index in [1.54, 1.807) is 73.9 Å². The van der Waals surface area contributed by atoms with Crippen LogP contribution in [0.3, 0.4) is 0 Å². The van der Waals surface area contributed by atoms with Gasteiger partial charge < -0.3 is 26.0 Å². The van der Waals surface area contributed by atoms with Gasteiger partial charge >= 0.3 is 6.03 Å². The predicted octanol–water partition coefficient (Wildman–Crippen LogP) is 2.78. The highest BCUT2D eigenvalue weighted by atomic mass is 79.9. The van der Waals surface area contributed by atoms with Crippen molar-refractivity contribution in [2.24, 2.45) is 4.99 Å². The fraction of sp³-hybridized carbons (Fsp3) is 0.192. The Bertz CT molecular complexity index is 1330. The zero-order valence-electron chi connectivity index (χ0n) is 19.9. The molecule has 0 aliphatic carbocycles. The number of amides is 3. The third kappa shape index (κ3) is 6.01. The van der Waals surface area contributed by atoms with Crippen molar-refractivity contribution in [3.63, 3.8) is 0 Å². The van der Waals surface area contributed by atoms with Crippen LogP contribution in [0.15, 0.2) is 77.9 Å². The summed E-state index contributed by atoms with van der Waals surface area (Å²) in [4.78, 5) is 48.8. The molecule has 0 fully saturated rings. The molecule has 1 aliphatic heterocycles. The van der Waals surface area contributed by atoms with E-state index in [-0.39, 0.29) is 6.54 Å². The number of Topliss-reactive ketones (excluding diaryl/α,β-unsaturated/α-hetero) is 1. The first-order chi connectivity index (χ1) is 17.9. The largest absolute Gasteiger partial charge is 0.395 e. The molecule has 0 spiro atoms. The number of aromatic nitrogens is 1. The van der Waals surface area contributed by atoms with Crippen molar-refractivity contribution >= 4 is 56.4 Å². The van der Waals surface area contributed by atoms with Crippen molar-refractivity contribution in [3.8, 4) is 0 Å². The van der Waals surface area contributed by atoms with Crippen LogP contribution in [-0.4, -0.2) is 64.7 Å². The minimum atomic E-state index is -1.35. The number of urea groups is 1. The van der Waals surface area contributed by atoms with Crippen LogP contribution in [0.5, 0.6) is 0 Å². The van der Waals surface area contributed by atoms with Crippen LogP contribution in [-0.2, 0) is 9.59 Å². The second-order valence-electron chi connectivity index (χ2n) is 8.08. The summed E-state index contributed by atoms with van der Waals surface area (Å²) < 4.78 is 0. The smallest absolute Gasteiger partial charge is 0.321 e. The highest BCUT2D eigenvalue weighted by Gasteiger charge is 2.35. The molecule has 0 radical (unpaired) electrons. The van der Waals surface area contributed by atoms with E-state index in [4.69, 9.17) is 0 Å². The number of anilines is 3. The van der Waals surface area contributed by atoms with Crippen LogP contribution < -0.4 is 20.9 Å². The molecule has 2 atom stereocenters. The number of halogens is 1. The van der Waals surface area contributed by atoms with Gasteiger partial charge in [0.05, 0.1) is 35.1 Å². The summed E-state index contributed by atoms with van der Waals surface area (Å²) in [5.74, 6) is -1.01. The number of para-hydroxylation sites is 1. The maximum Gasteiger partial charge on any atom is 0.321 e. The summed E-state index contributed by atoms with van der Waals surface area (Å²) in [6, 6.07) is 18.7. The number of fused-ring (bicyclic) bond motifs is 1. The van der Waals surface area contributed by atoms with Gasteiger partial charge in [-0.15, -0.1) is 0 Å². The van der Waals surface area contributed by atoms with Gasteiger partial charge in [0.15, 0.2) is 5.78 Å². The molecule has 2 heterocycles. The van der Waals surface area contributed by atoms with Gasteiger partial charge in [-0.1, -0.05) is 46.3 Å². The Hall–Kier alpha value is -4.09. The standard InChI is InChI=1S/C26H25BrN6O4/c1-28-16-7-6-8-17(13-16)30-26(37)32-24-25(36)33(14-22(35)19(27)15-34)21-11-3-2-9-18(21)23(31-24)20-10-4-5-12-29-20/h2-13,19,24,28,34H,14-15H2,1H3,(H2,30,32,37)/t19-,24+/m1/s1. The average molecular weight is 565 g/mol. The molecule has 2 aromatic carbocycles. The van der Waals surface area contributed by atoms with Crippen molar-refractivity contribution in [1.82, 2.24) is 10.3 Å². The maximum absolute atomic E-state index is 13.7. The molecule has 0 saturated carbocycles. The van der Waals surface area contributed by atoms with Crippen molar-refractivity contribution in [2.75, 3.05) is 35.7 Å². The summed E-state index contributed by atoms with van der Waals surface area (Å²) in [7, 11) is 1.76. The van der Waals surface area contributed by atoms with Crippen LogP contribution in [0.1, 0.15) is 11.3 Å². The zero-order chi connectivity index (χ0) is 26.4. The molecule has 3 aromatic rings. The normalized spacial score (nSPS) is 15.6. The number of aliphatic hydroxyl groups is 1. The fourth-order valence-electron chi connectivity index (χ4n) is 3.79. The lowest BCUT2D eigenvalue weighted by Crippen LogP contribution is -2.50. The highest BCUT2D eigenvalue weighted by molar-refractivity contribution is 9.10. The second-order valence-corrected chi connectivity index (χ2v) is 9.19. The maximum atomic E-state index is 13.7. The monoisotopic (exact) mass is 564 g/mol. The van der Waals surface area contributed by atoms with Crippen molar-refractivity contribution in [3.05, 3.63) is 84.2 Å². The number of carbonyl (C=O) groups is 3. The number of aliphatic imine (C=N–C) groups is 1. The van der Waals surface area contributed by atoms with Gasteiger partial charge in [0.1, 0.15) is 0 Å². The Morgan fingerprint density at radius 2 is 1.84 bits per heavy atom. The number of benzodiazepines with no additional fused rings is 1. The van der Waals surface area contributed by atoms with E-state index in [1.807, 2.05) is 6.07 Å². The summed E-state index contributed by atoms with van der Waals surface area (Å²) in [5, 5.41) is 17.7. The summed E-state index contributed by atoms with van der Waals surface area (Å²) in [5.41, 5.74) is 3.21. The third-order valence-corrected chi connectivity index (χ3v) is 6.42. The molecule has 4 N–H and O–H groups in total. The van der Waals surface area contributed by atoms with Crippen LogP contribution in [0, 0.1) is 0 Å². The highest BCUT2D eigenvalue weighted by Crippen LogP contribution is 2.28. The number of nitrogens with zero attached hydrogens (tertiary/aromatic N) is 3. The number of hydrogen-bond donors (Lipinski definition) is 4. The van der Waals surface area contributed by atoms with Gasteiger partial charge in [-0.2, -0.15) is 0 Å². The predicted molar refractivity (Wildman–Crippen MR) is 145 cm³/mol. The molecule has 10 nitrogen and oxygen atoms in total. The molecule has 0 saturated heterocycles. The number of aliphatic hydroxyl groups excluding tert-OH is 1. The third-order valence-electron chi connectivity index (χ3n) is 5.62. The Morgan fingerprint density at radius 3 is 2.57 bits per heavy atom. The first kappa shape index (κ1) is 26.0. The van der Waals surface area contributed by atoms with E-state index >= 15 is 0 Å². The van der Waals surface area contributed by atoms with Crippen molar-refractivity contribution in [1.29, 1.82) is 0 Å². The Labute approximate surface area is 221 Å². The SMILES string of the molecule is CNc1cccc(NC(=O)N[C@@H]2N=C(c3ccccn3)c3ccccc3N(CC(=O)[C@H](Br)CO)C2=O)c1. The lowest BCUT2D eigenvalue weighted by molar-refractivity contribution is -0.123. The molecule has 0 bridgehead atoms.